The highest BCUT2D eigenvalue weighted by atomic mass is 16.5. The Kier molecular flexibility index (Phi) is 3.63. The van der Waals surface area contributed by atoms with Crippen LogP contribution in [0, 0.1) is 0 Å². The number of ether oxygens (including phenoxy) is 1. The van der Waals surface area contributed by atoms with Gasteiger partial charge in [-0.1, -0.05) is 0 Å². The van der Waals surface area contributed by atoms with Crippen molar-refractivity contribution in [1.29, 1.82) is 0 Å². The minimum atomic E-state index is -0.200. The monoisotopic (exact) mass is 361 g/mol. The van der Waals surface area contributed by atoms with Crippen molar-refractivity contribution < 1.29 is 14.3 Å². The lowest BCUT2D eigenvalue weighted by atomic mass is 9.95. The summed E-state index contributed by atoms with van der Waals surface area (Å²) >= 11 is 0. The van der Waals surface area contributed by atoms with Gasteiger partial charge in [-0.05, 0) is 67.6 Å². The topological polar surface area (TPSA) is 83.2 Å². The number of benzene rings is 2. The quantitative estimate of drug-likeness (QED) is 0.652. The van der Waals surface area contributed by atoms with E-state index < -0.39 is 0 Å². The van der Waals surface area contributed by atoms with Crippen molar-refractivity contribution in [2.75, 3.05) is 17.2 Å². The highest BCUT2D eigenvalue weighted by Gasteiger charge is 2.18. The second-order valence-electron chi connectivity index (χ2n) is 7.05. The second kappa shape index (κ2) is 6.16. The first-order valence-electron chi connectivity index (χ1n) is 9.19. The highest BCUT2D eigenvalue weighted by molar-refractivity contribution is 6.07. The number of aromatic nitrogens is 1. The van der Waals surface area contributed by atoms with E-state index in [2.05, 4.69) is 15.6 Å². The molecular formula is C21H19N3O3. The van der Waals surface area contributed by atoms with E-state index in [1.807, 2.05) is 18.2 Å². The summed E-state index contributed by atoms with van der Waals surface area (Å²) < 4.78 is 5.34. The van der Waals surface area contributed by atoms with E-state index in [1.54, 1.807) is 18.2 Å². The summed E-state index contributed by atoms with van der Waals surface area (Å²) in [5.74, 6) is 0.229. The molecule has 136 valence electrons. The normalized spacial score (nSPS) is 15.5. The first-order valence-corrected chi connectivity index (χ1v) is 9.19. The van der Waals surface area contributed by atoms with Crippen molar-refractivity contribution in [1.82, 2.24) is 4.98 Å². The first-order chi connectivity index (χ1) is 13.2. The molecule has 1 aliphatic carbocycles. The number of rotatable bonds is 2. The Morgan fingerprint density at radius 1 is 1.07 bits per heavy atom. The lowest BCUT2D eigenvalue weighted by Gasteiger charge is -2.18. The fourth-order valence-electron chi connectivity index (χ4n) is 3.91. The van der Waals surface area contributed by atoms with E-state index in [0.717, 1.165) is 23.7 Å². The SMILES string of the molecule is O=C1COc2ccc(NC(=O)c3ccc4[nH]c5c(c4c3)CCCC5)cc2N1. The summed E-state index contributed by atoms with van der Waals surface area (Å²) in [4.78, 5) is 27.7. The van der Waals surface area contributed by atoms with Gasteiger partial charge in [0.1, 0.15) is 5.75 Å². The number of carbonyl (C=O) groups excluding carboxylic acids is 2. The van der Waals surface area contributed by atoms with Gasteiger partial charge in [0, 0.05) is 27.8 Å². The molecule has 0 unspecified atom stereocenters. The largest absolute Gasteiger partial charge is 0.482 e. The predicted molar refractivity (Wildman–Crippen MR) is 103 cm³/mol. The van der Waals surface area contributed by atoms with Gasteiger partial charge in [0.05, 0.1) is 5.69 Å². The molecule has 1 aromatic heterocycles. The van der Waals surface area contributed by atoms with E-state index in [9.17, 15) is 9.59 Å². The predicted octanol–water partition coefficient (Wildman–Crippen LogP) is 3.63. The van der Waals surface area contributed by atoms with Crippen LogP contribution in [0.4, 0.5) is 11.4 Å². The molecule has 0 fully saturated rings. The van der Waals surface area contributed by atoms with E-state index in [4.69, 9.17) is 4.74 Å². The molecule has 0 atom stereocenters. The Balaban J connectivity index is 1.42. The Morgan fingerprint density at radius 2 is 1.96 bits per heavy atom. The third kappa shape index (κ3) is 2.83. The van der Waals surface area contributed by atoms with Crippen LogP contribution >= 0.6 is 0 Å². The Bertz CT molecular complexity index is 1080. The van der Waals surface area contributed by atoms with Gasteiger partial charge in [-0.25, -0.2) is 0 Å². The van der Waals surface area contributed by atoms with E-state index in [1.165, 1.54) is 24.1 Å². The van der Waals surface area contributed by atoms with Crippen molar-refractivity contribution in [3.63, 3.8) is 0 Å². The van der Waals surface area contributed by atoms with Crippen LogP contribution in [-0.2, 0) is 17.6 Å². The standard InChI is InChI=1S/C21H19N3O3/c25-20-11-27-19-8-6-13(10-18(19)24-20)22-21(26)12-5-7-17-15(9-12)14-3-1-2-4-16(14)23-17/h5-10,23H,1-4,11H2,(H,22,26)(H,24,25). The van der Waals surface area contributed by atoms with Gasteiger partial charge in [-0.2, -0.15) is 0 Å². The molecule has 2 heterocycles. The van der Waals surface area contributed by atoms with Gasteiger partial charge >= 0.3 is 0 Å². The molecule has 0 saturated heterocycles. The summed E-state index contributed by atoms with van der Waals surface area (Å²) in [6.45, 7) is 0.0136. The van der Waals surface area contributed by atoms with Crippen molar-refractivity contribution >= 4 is 34.1 Å². The van der Waals surface area contributed by atoms with Crippen molar-refractivity contribution in [2.45, 2.75) is 25.7 Å². The Hall–Kier alpha value is -3.28. The molecule has 0 bridgehead atoms. The number of H-pyrrole nitrogens is 1. The molecule has 6 nitrogen and oxygen atoms in total. The molecule has 0 spiro atoms. The van der Waals surface area contributed by atoms with Crippen LogP contribution in [0.15, 0.2) is 36.4 Å². The second-order valence-corrected chi connectivity index (χ2v) is 7.05. The number of carbonyl (C=O) groups is 2. The zero-order chi connectivity index (χ0) is 18.4. The number of aromatic amines is 1. The smallest absolute Gasteiger partial charge is 0.262 e. The molecule has 3 N–H and O–H groups in total. The number of aryl methyl sites for hydroxylation is 2. The van der Waals surface area contributed by atoms with E-state index in [0.29, 0.717) is 22.7 Å². The van der Waals surface area contributed by atoms with Crippen molar-refractivity contribution in [3.05, 3.63) is 53.2 Å². The van der Waals surface area contributed by atoms with Crippen LogP contribution in [0.25, 0.3) is 10.9 Å². The maximum Gasteiger partial charge on any atom is 0.262 e. The van der Waals surface area contributed by atoms with Gasteiger partial charge in [0.2, 0.25) is 0 Å². The average Bonchev–Trinajstić information content (AvgIpc) is 3.05. The molecule has 2 aliphatic rings. The number of hydrogen-bond donors (Lipinski definition) is 3. The number of hydrogen-bond acceptors (Lipinski definition) is 3. The van der Waals surface area contributed by atoms with Gasteiger partial charge in [0.15, 0.2) is 6.61 Å². The Morgan fingerprint density at radius 3 is 2.89 bits per heavy atom. The molecule has 6 heteroatoms. The van der Waals surface area contributed by atoms with Crippen LogP contribution in [0.1, 0.15) is 34.5 Å². The Labute approximate surface area is 155 Å². The fraction of sp³-hybridized carbons (Fsp3) is 0.238. The minimum Gasteiger partial charge on any atom is -0.482 e. The lowest BCUT2D eigenvalue weighted by molar-refractivity contribution is -0.118. The molecule has 3 aromatic rings. The van der Waals surface area contributed by atoms with E-state index in [-0.39, 0.29) is 18.4 Å². The molecule has 0 saturated carbocycles. The number of fused-ring (bicyclic) bond motifs is 4. The number of amides is 2. The van der Waals surface area contributed by atoms with Crippen LogP contribution in [0.3, 0.4) is 0 Å². The molecule has 2 amide bonds. The van der Waals surface area contributed by atoms with Crippen LogP contribution in [0.2, 0.25) is 0 Å². The maximum absolute atomic E-state index is 12.7. The van der Waals surface area contributed by atoms with Crippen molar-refractivity contribution in [2.24, 2.45) is 0 Å². The van der Waals surface area contributed by atoms with Gasteiger partial charge in [-0.3, -0.25) is 9.59 Å². The summed E-state index contributed by atoms with van der Waals surface area (Å²) in [5.41, 5.74) is 5.54. The first kappa shape index (κ1) is 15.9. The molecule has 5 rings (SSSR count). The fourth-order valence-corrected chi connectivity index (χ4v) is 3.91. The van der Waals surface area contributed by atoms with Gasteiger partial charge in [-0.15, -0.1) is 0 Å². The molecule has 0 radical (unpaired) electrons. The minimum absolute atomic E-state index is 0.0136. The summed E-state index contributed by atoms with van der Waals surface area (Å²) in [6, 6.07) is 11.0. The lowest BCUT2D eigenvalue weighted by Crippen LogP contribution is -2.25. The summed E-state index contributed by atoms with van der Waals surface area (Å²) in [5, 5.41) is 6.79. The van der Waals surface area contributed by atoms with Gasteiger partial charge in [0.25, 0.3) is 11.8 Å². The molecule has 1 aliphatic heterocycles. The van der Waals surface area contributed by atoms with E-state index >= 15 is 0 Å². The van der Waals surface area contributed by atoms with Crippen LogP contribution in [-0.4, -0.2) is 23.4 Å². The zero-order valence-corrected chi connectivity index (χ0v) is 14.7. The number of anilines is 2. The van der Waals surface area contributed by atoms with Crippen LogP contribution in [0.5, 0.6) is 5.75 Å². The third-order valence-corrected chi connectivity index (χ3v) is 5.23. The summed E-state index contributed by atoms with van der Waals surface area (Å²) in [7, 11) is 0. The van der Waals surface area contributed by atoms with Gasteiger partial charge < -0.3 is 20.4 Å². The summed E-state index contributed by atoms with van der Waals surface area (Å²) in [6.07, 6.45) is 4.55. The third-order valence-electron chi connectivity index (χ3n) is 5.23. The van der Waals surface area contributed by atoms with Crippen molar-refractivity contribution in [3.8, 4) is 5.75 Å². The number of nitrogens with one attached hydrogen (secondary N) is 3. The maximum atomic E-state index is 12.7. The molecule has 2 aromatic carbocycles. The van der Waals surface area contributed by atoms with Crippen LogP contribution < -0.4 is 15.4 Å². The average molecular weight is 361 g/mol. The molecular weight excluding hydrogens is 342 g/mol. The highest BCUT2D eigenvalue weighted by Crippen LogP contribution is 2.32. The molecule has 27 heavy (non-hydrogen) atoms. The zero-order valence-electron chi connectivity index (χ0n) is 14.7.